The molecule has 9 heteroatoms. The first-order valence-corrected chi connectivity index (χ1v) is 12.6. The number of hydrogen-bond acceptors (Lipinski definition) is 4. The summed E-state index contributed by atoms with van der Waals surface area (Å²) in [5.74, 6) is -0.361. The van der Waals surface area contributed by atoms with Gasteiger partial charge in [0, 0.05) is 56.1 Å². The number of anilines is 1. The number of carbonyl (C=O) groups is 1. The average molecular weight is 503 g/mol. The molecular weight excluding hydrogens is 469 g/mol. The lowest BCUT2D eigenvalue weighted by Gasteiger charge is -2.39. The number of pyridine rings is 1. The molecule has 2 unspecified atom stereocenters. The molecule has 0 spiro atoms. The van der Waals surface area contributed by atoms with Crippen LogP contribution in [-0.2, 0) is 17.3 Å². The summed E-state index contributed by atoms with van der Waals surface area (Å²) in [6, 6.07) is 10.9. The van der Waals surface area contributed by atoms with E-state index >= 15 is 0 Å². The van der Waals surface area contributed by atoms with E-state index in [9.17, 15) is 22.8 Å². The quantitative estimate of drug-likeness (QED) is 0.658. The Morgan fingerprint density at radius 3 is 2.64 bits per heavy atom. The van der Waals surface area contributed by atoms with E-state index in [2.05, 4.69) is 5.32 Å². The van der Waals surface area contributed by atoms with E-state index in [-0.39, 0.29) is 35.9 Å². The number of aromatic nitrogens is 1. The smallest absolute Gasteiger partial charge is 0.361 e. The molecule has 0 radical (unpaired) electrons. The van der Waals surface area contributed by atoms with Gasteiger partial charge in [0.1, 0.15) is 6.54 Å². The van der Waals surface area contributed by atoms with Crippen LogP contribution in [0, 0.1) is 5.92 Å². The van der Waals surface area contributed by atoms with E-state index in [1.54, 1.807) is 31.4 Å². The Hall–Kier alpha value is -2.81. The summed E-state index contributed by atoms with van der Waals surface area (Å²) in [5, 5.41) is 3.34. The highest BCUT2D eigenvalue weighted by molar-refractivity contribution is 5.81. The van der Waals surface area contributed by atoms with Crippen molar-refractivity contribution in [2.24, 2.45) is 13.0 Å². The van der Waals surface area contributed by atoms with Gasteiger partial charge in [0.25, 0.3) is 5.56 Å². The first-order valence-electron chi connectivity index (χ1n) is 12.6. The van der Waals surface area contributed by atoms with Gasteiger partial charge in [0.15, 0.2) is 0 Å². The molecule has 3 atom stereocenters. The van der Waals surface area contributed by atoms with E-state index in [4.69, 9.17) is 0 Å². The molecule has 1 N–H and O–H groups in total. The Bertz CT molecular complexity index is 1190. The van der Waals surface area contributed by atoms with E-state index < -0.39 is 18.1 Å². The zero-order valence-corrected chi connectivity index (χ0v) is 20.7. The molecule has 2 aliphatic heterocycles. The Morgan fingerprint density at radius 2 is 1.94 bits per heavy atom. The summed E-state index contributed by atoms with van der Waals surface area (Å²) in [7, 11) is 1.70. The maximum Gasteiger partial charge on any atom is 0.405 e. The number of fused-ring (bicyclic) bond motifs is 1. The number of nitrogens with one attached hydrogen (secondary N) is 1. The predicted molar refractivity (Wildman–Crippen MR) is 132 cm³/mol. The van der Waals surface area contributed by atoms with Crippen LogP contribution in [0.4, 0.5) is 18.9 Å². The molecule has 6 nitrogen and oxygen atoms in total. The number of amides is 1. The van der Waals surface area contributed by atoms with Gasteiger partial charge in [-0.15, -0.1) is 0 Å². The summed E-state index contributed by atoms with van der Waals surface area (Å²) in [6.07, 6.45) is 0.00408. The second-order valence-electron chi connectivity index (χ2n) is 10.9. The first-order chi connectivity index (χ1) is 17.1. The van der Waals surface area contributed by atoms with Crippen molar-refractivity contribution >= 4 is 11.6 Å². The molecule has 2 aromatic rings. The van der Waals surface area contributed by atoms with Crippen LogP contribution >= 0.6 is 0 Å². The number of alkyl halides is 3. The fourth-order valence-corrected chi connectivity index (χ4v) is 6.02. The summed E-state index contributed by atoms with van der Waals surface area (Å²) in [5.41, 5.74) is 1.62. The second-order valence-corrected chi connectivity index (χ2v) is 10.9. The van der Waals surface area contributed by atoms with Crippen LogP contribution in [0.25, 0.3) is 0 Å². The Balaban J connectivity index is 1.42. The molecule has 3 aliphatic rings. The lowest BCUT2D eigenvalue weighted by molar-refractivity contribution is -0.138. The Labute approximate surface area is 209 Å². The lowest BCUT2D eigenvalue weighted by Crippen LogP contribution is -2.52. The number of benzene rings is 1. The summed E-state index contributed by atoms with van der Waals surface area (Å²) in [4.78, 5) is 29.7. The minimum Gasteiger partial charge on any atom is -0.361 e. The third-order valence-corrected chi connectivity index (χ3v) is 7.95. The molecule has 1 aliphatic carbocycles. The number of piperidine rings is 1. The van der Waals surface area contributed by atoms with Gasteiger partial charge in [-0.3, -0.25) is 9.59 Å². The summed E-state index contributed by atoms with van der Waals surface area (Å²) < 4.78 is 41.6. The fraction of sp³-hybridized carbons (Fsp3) is 0.556. The average Bonchev–Trinajstić information content (AvgIpc) is 3.64. The number of nitrogens with zero attached hydrogens (tertiary/aromatic N) is 3. The minimum absolute atomic E-state index is 0.0309. The zero-order chi connectivity index (χ0) is 25.7. The largest absolute Gasteiger partial charge is 0.405 e. The SMILES string of the molecule is Cn1ccc([C@H]2CCNCC2C(=O)N(CC2(C)CN(CC(F)(F)F)c3ccccc32)C2CC2)cc1=O. The van der Waals surface area contributed by atoms with Crippen molar-refractivity contribution in [1.82, 2.24) is 14.8 Å². The monoisotopic (exact) mass is 502 g/mol. The van der Waals surface area contributed by atoms with Crippen LogP contribution in [-0.4, -0.2) is 60.3 Å². The van der Waals surface area contributed by atoms with E-state index in [1.165, 1.54) is 9.47 Å². The summed E-state index contributed by atoms with van der Waals surface area (Å²) >= 11 is 0. The van der Waals surface area contributed by atoms with Crippen LogP contribution in [0.3, 0.4) is 0 Å². The van der Waals surface area contributed by atoms with E-state index in [0.29, 0.717) is 18.8 Å². The number of aryl methyl sites for hydroxylation is 1. The number of para-hydroxylation sites is 1. The first kappa shape index (κ1) is 24.9. The number of rotatable bonds is 6. The molecule has 2 fully saturated rings. The highest BCUT2D eigenvalue weighted by Crippen LogP contribution is 2.44. The molecule has 1 aromatic carbocycles. The second kappa shape index (κ2) is 9.25. The molecule has 5 rings (SSSR count). The normalized spacial score (nSPS) is 26.1. The maximum absolute atomic E-state index is 14.1. The third kappa shape index (κ3) is 4.90. The van der Waals surface area contributed by atoms with Gasteiger partial charge in [-0.2, -0.15) is 13.2 Å². The minimum atomic E-state index is -4.31. The van der Waals surface area contributed by atoms with Crippen molar-refractivity contribution in [3.8, 4) is 0 Å². The highest BCUT2D eigenvalue weighted by atomic mass is 19.4. The standard InChI is InChI=1S/C27H33F3N4O2/c1-26(15-33(17-27(28,29)30)23-6-4-3-5-22(23)26)16-34(19-7-8-19)25(36)21-14-31-11-9-20(21)18-10-12-32(2)24(35)13-18/h3-6,10,12-13,19-21,31H,7-9,11,14-17H2,1-2H3/t20-,21?,26?/m1/s1. The van der Waals surface area contributed by atoms with Gasteiger partial charge in [0.2, 0.25) is 5.91 Å². The van der Waals surface area contributed by atoms with Crippen molar-refractivity contribution in [3.05, 3.63) is 64.1 Å². The zero-order valence-electron chi connectivity index (χ0n) is 20.7. The van der Waals surface area contributed by atoms with Crippen molar-refractivity contribution < 1.29 is 18.0 Å². The fourth-order valence-electron chi connectivity index (χ4n) is 6.02. The number of hydrogen-bond donors (Lipinski definition) is 1. The molecule has 1 saturated heterocycles. The number of carbonyl (C=O) groups excluding carboxylic acids is 1. The van der Waals surface area contributed by atoms with Gasteiger partial charge in [0.05, 0.1) is 5.92 Å². The molecular formula is C27H33F3N4O2. The molecule has 36 heavy (non-hydrogen) atoms. The van der Waals surface area contributed by atoms with Gasteiger partial charge >= 0.3 is 6.18 Å². The lowest BCUT2D eigenvalue weighted by atomic mass is 9.79. The van der Waals surface area contributed by atoms with E-state index in [1.807, 2.05) is 30.0 Å². The molecule has 1 saturated carbocycles. The van der Waals surface area contributed by atoms with Gasteiger partial charge in [-0.25, -0.2) is 0 Å². The maximum atomic E-state index is 14.1. The molecule has 1 aromatic heterocycles. The van der Waals surface area contributed by atoms with Gasteiger partial charge < -0.3 is 19.7 Å². The van der Waals surface area contributed by atoms with Crippen LogP contribution in [0.1, 0.15) is 43.2 Å². The van der Waals surface area contributed by atoms with Crippen LogP contribution in [0.15, 0.2) is 47.4 Å². The molecule has 3 heterocycles. The van der Waals surface area contributed by atoms with Gasteiger partial charge in [-0.05, 0) is 55.0 Å². The van der Waals surface area contributed by atoms with Crippen molar-refractivity contribution in [3.63, 3.8) is 0 Å². The topological polar surface area (TPSA) is 57.6 Å². The molecule has 1 amide bonds. The van der Waals surface area contributed by atoms with Crippen LogP contribution in [0.5, 0.6) is 0 Å². The highest BCUT2D eigenvalue weighted by Gasteiger charge is 2.48. The number of halogens is 3. The predicted octanol–water partition coefficient (Wildman–Crippen LogP) is 3.41. The van der Waals surface area contributed by atoms with E-state index in [0.717, 1.165) is 36.9 Å². The van der Waals surface area contributed by atoms with Crippen LogP contribution in [0.2, 0.25) is 0 Å². The third-order valence-electron chi connectivity index (χ3n) is 7.95. The van der Waals surface area contributed by atoms with Crippen molar-refractivity contribution in [1.29, 1.82) is 0 Å². The van der Waals surface area contributed by atoms with Crippen molar-refractivity contribution in [2.75, 3.05) is 37.6 Å². The van der Waals surface area contributed by atoms with Crippen LogP contribution < -0.4 is 15.8 Å². The summed E-state index contributed by atoms with van der Waals surface area (Å²) in [6.45, 7) is 2.85. The Morgan fingerprint density at radius 1 is 1.19 bits per heavy atom. The van der Waals surface area contributed by atoms with Crippen molar-refractivity contribution in [2.45, 2.75) is 49.7 Å². The Kier molecular flexibility index (Phi) is 6.39. The van der Waals surface area contributed by atoms with Gasteiger partial charge in [-0.1, -0.05) is 25.1 Å². The molecule has 0 bridgehead atoms. The molecule has 194 valence electrons.